The first-order chi connectivity index (χ1) is 14.0. The van der Waals surface area contributed by atoms with Gasteiger partial charge in [-0.1, -0.05) is 0 Å². The molecule has 2 amide bonds. The van der Waals surface area contributed by atoms with E-state index >= 15 is 0 Å². The molecule has 0 aliphatic carbocycles. The molecule has 2 aromatic rings. The van der Waals surface area contributed by atoms with Gasteiger partial charge in [0, 0.05) is 23.3 Å². The zero-order valence-corrected chi connectivity index (χ0v) is 15.7. The molecule has 2 aliphatic heterocycles. The average Bonchev–Trinajstić information content (AvgIpc) is 3.10. The second kappa shape index (κ2) is 7.40. The summed E-state index contributed by atoms with van der Waals surface area (Å²) < 4.78 is 11.0. The second-order valence-electron chi connectivity index (χ2n) is 6.62. The summed E-state index contributed by atoms with van der Waals surface area (Å²) in [5.74, 6) is 1.22. The first-order valence-electron chi connectivity index (χ1n) is 8.86. The van der Waals surface area contributed by atoms with Gasteiger partial charge in [-0.3, -0.25) is 15.0 Å². The molecule has 10 nitrogen and oxygen atoms in total. The van der Waals surface area contributed by atoms with E-state index in [1.165, 1.54) is 24.3 Å². The number of amides is 2. The molecule has 1 atom stereocenters. The van der Waals surface area contributed by atoms with Gasteiger partial charge in [0.25, 0.3) is 5.69 Å². The third-order valence-corrected chi connectivity index (χ3v) is 4.74. The minimum atomic E-state index is -0.521. The van der Waals surface area contributed by atoms with Crippen molar-refractivity contribution in [2.24, 2.45) is 5.10 Å². The average molecular weight is 398 g/mol. The molecule has 0 saturated heterocycles. The lowest BCUT2D eigenvalue weighted by Gasteiger charge is -2.22. The van der Waals surface area contributed by atoms with E-state index in [1.54, 1.807) is 12.1 Å². The topological polar surface area (TPSA) is 116 Å². The molecule has 29 heavy (non-hydrogen) atoms. The van der Waals surface area contributed by atoms with E-state index in [0.29, 0.717) is 29.2 Å². The van der Waals surface area contributed by atoms with Crippen LogP contribution in [0.1, 0.15) is 23.6 Å². The standard InChI is InChI=1S/C19H18N4O6/c1-11-7-13-8-16-17(29-10-28-16)9-15(13)18(20-22(11)19(24)21-27-2)12-3-5-14(6-4-12)23(25)26/h3-6,8-9,11H,7,10H2,1-2H3,(H,21,24). The number of nitrogens with zero attached hydrogens (tertiary/aromatic N) is 3. The van der Waals surface area contributed by atoms with Crippen LogP contribution >= 0.6 is 0 Å². The van der Waals surface area contributed by atoms with Crippen molar-refractivity contribution in [1.82, 2.24) is 10.5 Å². The maximum atomic E-state index is 12.5. The number of benzene rings is 2. The number of fused-ring (bicyclic) bond motifs is 2. The number of hydrogen-bond acceptors (Lipinski definition) is 7. The van der Waals surface area contributed by atoms with Crippen molar-refractivity contribution in [3.63, 3.8) is 0 Å². The van der Waals surface area contributed by atoms with Crippen molar-refractivity contribution in [2.45, 2.75) is 19.4 Å². The Bertz CT molecular complexity index is 1000. The lowest BCUT2D eigenvalue weighted by Crippen LogP contribution is -2.42. The number of rotatable bonds is 3. The second-order valence-corrected chi connectivity index (χ2v) is 6.62. The maximum absolute atomic E-state index is 12.5. The van der Waals surface area contributed by atoms with Crippen LogP contribution in [-0.2, 0) is 11.3 Å². The first-order valence-corrected chi connectivity index (χ1v) is 8.86. The molecule has 0 aromatic heterocycles. The molecule has 0 fully saturated rings. The lowest BCUT2D eigenvalue weighted by atomic mass is 9.94. The molecule has 0 radical (unpaired) electrons. The number of non-ortho nitro benzene ring substituents is 1. The molecule has 0 spiro atoms. The van der Waals surface area contributed by atoms with Gasteiger partial charge in [0.1, 0.15) is 0 Å². The van der Waals surface area contributed by atoms with Gasteiger partial charge in [0.15, 0.2) is 11.5 Å². The van der Waals surface area contributed by atoms with Crippen LogP contribution in [0.2, 0.25) is 0 Å². The van der Waals surface area contributed by atoms with Gasteiger partial charge in [-0.15, -0.1) is 0 Å². The third kappa shape index (κ3) is 3.45. The Hall–Kier alpha value is -3.66. The monoisotopic (exact) mass is 398 g/mol. The molecular formula is C19H18N4O6. The van der Waals surface area contributed by atoms with Crippen LogP contribution in [0.3, 0.4) is 0 Å². The predicted octanol–water partition coefficient (Wildman–Crippen LogP) is 2.59. The number of ether oxygens (including phenoxy) is 2. The molecule has 0 bridgehead atoms. The zero-order valence-electron chi connectivity index (χ0n) is 15.7. The molecule has 1 N–H and O–H groups in total. The van der Waals surface area contributed by atoms with Gasteiger partial charge >= 0.3 is 6.03 Å². The van der Waals surface area contributed by atoms with Crippen molar-refractivity contribution in [1.29, 1.82) is 0 Å². The van der Waals surface area contributed by atoms with Crippen molar-refractivity contribution in [2.75, 3.05) is 13.9 Å². The Kier molecular flexibility index (Phi) is 4.77. The number of nitro groups is 1. The highest BCUT2D eigenvalue weighted by molar-refractivity contribution is 6.14. The number of nitro benzene ring substituents is 1. The van der Waals surface area contributed by atoms with Crippen molar-refractivity contribution in [3.05, 3.63) is 63.2 Å². The molecule has 0 saturated carbocycles. The molecule has 4 rings (SSSR count). The normalized spacial score (nSPS) is 17.2. The predicted molar refractivity (Wildman–Crippen MR) is 102 cm³/mol. The highest BCUT2D eigenvalue weighted by Crippen LogP contribution is 2.37. The number of hydrazone groups is 1. The van der Waals surface area contributed by atoms with E-state index < -0.39 is 11.0 Å². The number of hydroxylamine groups is 1. The van der Waals surface area contributed by atoms with Crippen LogP contribution in [0, 0.1) is 10.1 Å². The largest absolute Gasteiger partial charge is 0.454 e. The van der Waals surface area contributed by atoms with Crippen molar-refractivity contribution < 1.29 is 24.0 Å². The zero-order chi connectivity index (χ0) is 20.5. The van der Waals surface area contributed by atoms with Crippen LogP contribution in [0.4, 0.5) is 10.5 Å². The first kappa shape index (κ1) is 18.7. The summed E-state index contributed by atoms with van der Waals surface area (Å²) in [7, 11) is 1.34. The van der Waals surface area contributed by atoms with Crippen molar-refractivity contribution >= 4 is 17.4 Å². The van der Waals surface area contributed by atoms with E-state index in [1.807, 2.05) is 19.1 Å². The molecule has 2 aliphatic rings. The minimum absolute atomic E-state index is 0.0313. The summed E-state index contributed by atoms with van der Waals surface area (Å²) in [5.41, 5.74) is 5.06. The Labute approximate surface area is 165 Å². The number of nitrogens with one attached hydrogen (secondary N) is 1. The number of urea groups is 1. The summed E-state index contributed by atoms with van der Waals surface area (Å²) in [5, 5.41) is 16.9. The molecule has 10 heteroatoms. The SMILES string of the molecule is CONC(=O)N1N=C(c2ccc([N+](=O)[O-])cc2)c2cc3c(cc2CC1C)OCO3. The molecule has 2 heterocycles. The van der Waals surface area contributed by atoms with E-state index in [4.69, 9.17) is 14.3 Å². The van der Waals surface area contributed by atoms with Crippen LogP contribution in [0.15, 0.2) is 41.5 Å². The Morgan fingerprint density at radius 2 is 1.97 bits per heavy atom. The van der Waals surface area contributed by atoms with Gasteiger partial charge in [-0.25, -0.2) is 15.3 Å². The number of hydrogen-bond donors (Lipinski definition) is 1. The fourth-order valence-corrected chi connectivity index (χ4v) is 3.37. The molecule has 150 valence electrons. The van der Waals surface area contributed by atoms with Gasteiger partial charge in [0.2, 0.25) is 6.79 Å². The Morgan fingerprint density at radius 3 is 2.62 bits per heavy atom. The van der Waals surface area contributed by atoms with E-state index in [2.05, 4.69) is 10.6 Å². The smallest absolute Gasteiger partial charge is 0.361 e. The van der Waals surface area contributed by atoms with Crippen LogP contribution in [0.5, 0.6) is 11.5 Å². The maximum Gasteiger partial charge on any atom is 0.361 e. The quantitative estimate of drug-likeness (QED) is 0.628. The van der Waals surface area contributed by atoms with E-state index in [0.717, 1.165) is 11.1 Å². The molecular weight excluding hydrogens is 380 g/mol. The van der Waals surface area contributed by atoms with Crippen LogP contribution < -0.4 is 15.0 Å². The van der Waals surface area contributed by atoms with Gasteiger partial charge in [-0.2, -0.15) is 5.10 Å². The fourth-order valence-electron chi connectivity index (χ4n) is 3.37. The number of carbonyl (C=O) groups is 1. The Morgan fingerprint density at radius 1 is 1.28 bits per heavy atom. The van der Waals surface area contributed by atoms with Gasteiger partial charge in [-0.05, 0) is 43.2 Å². The third-order valence-electron chi connectivity index (χ3n) is 4.74. The summed E-state index contributed by atoms with van der Waals surface area (Å²) in [6.45, 7) is 2.01. The van der Waals surface area contributed by atoms with Gasteiger partial charge < -0.3 is 9.47 Å². The molecule has 2 aromatic carbocycles. The highest BCUT2D eigenvalue weighted by Gasteiger charge is 2.30. The summed E-state index contributed by atoms with van der Waals surface area (Å²) in [6, 6.07) is 8.92. The summed E-state index contributed by atoms with van der Waals surface area (Å²) in [6.07, 6.45) is 0.517. The van der Waals surface area contributed by atoms with E-state index in [-0.39, 0.29) is 18.5 Å². The fraction of sp³-hybridized carbons (Fsp3) is 0.263. The van der Waals surface area contributed by atoms with Gasteiger partial charge in [0.05, 0.1) is 23.8 Å². The summed E-state index contributed by atoms with van der Waals surface area (Å²) in [4.78, 5) is 27.8. The highest BCUT2D eigenvalue weighted by atomic mass is 16.7. The summed E-state index contributed by atoms with van der Waals surface area (Å²) >= 11 is 0. The van der Waals surface area contributed by atoms with Crippen LogP contribution in [-0.4, -0.2) is 41.6 Å². The minimum Gasteiger partial charge on any atom is -0.454 e. The van der Waals surface area contributed by atoms with Crippen molar-refractivity contribution in [3.8, 4) is 11.5 Å². The number of carbonyl (C=O) groups excluding carboxylic acids is 1. The Balaban J connectivity index is 1.86. The van der Waals surface area contributed by atoms with E-state index in [9.17, 15) is 14.9 Å². The lowest BCUT2D eigenvalue weighted by molar-refractivity contribution is -0.384. The molecule has 1 unspecified atom stereocenters. The van der Waals surface area contributed by atoms with Crippen LogP contribution in [0.25, 0.3) is 0 Å².